The molecule has 0 bridgehead atoms. The number of ketones is 1. The van der Waals surface area contributed by atoms with Gasteiger partial charge in [-0.2, -0.15) is 0 Å². The zero-order valence-corrected chi connectivity index (χ0v) is 11.7. The predicted octanol–water partition coefficient (Wildman–Crippen LogP) is 2.88. The van der Waals surface area contributed by atoms with Crippen LogP contribution in [-0.4, -0.2) is 32.1 Å². The maximum atomic E-state index is 11.6. The number of rotatable bonds is 3. The van der Waals surface area contributed by atoms with Crippen molar-refractivity contribution >= 4 is 27.4 Å². The minimum atomic E-state index is 0.105. The van der Waals surface area contributed by atoms with Crippen molar-refractivity contribution in [3.63, 3.8) is 0 Å². The molecule has 0 aliphatic carbocycles. The van der Waals surface area contributed by atoms with Crippen molar-refractivity contribution in [1.82, 2.24) is 0 Å². The van der Waals surface area contributed by atoms with E-state index in [4.69, 9.17) is 4.74 Å². The van der Waals surface area contributed by atoms with Crippen molar-refractivity contribution in [3.8, 4) is 0 Å². The molecule has 1 heterocycles. The molecule has 1 aromatic carbocycles. The van der Waals surface area contributed by atoms with E-state index >= 15 is 0 Å². The monoisotopic (exact) mass is 297 g/mol. The number of Topliss-reactive ketones (excluding diaryl/α,β-unsaturated/α-hetero) is 1. The highest BCUT2D eigenvalue weighted by Crippen LogP contribution is 2.29. The van der Waals surface area contributed by atoms with E-state index in [0.29, 0.717) is 0 Å². The third kappa shape index (κ3) is 2.69. The highest BCUT2D eigenvalue weighted by molar-refractivity contribution is 9.10. The largest absolute Gasteiger partial charge is 0.380 e. The van der Waals surface area contributed by atoms with E-state index in [-0.39, 0.29) is 11.9 Å². The first kappa shape index (κ1) is 12.6. The lowest BCUT2D eigenvalue weighted by Gasteiger charge is -2.21. The number of halogens is 1. The van der Waals surface area contributed by atoms with Gasteiger partial charge in [0.05, 0.1) is 6.10 Å². The number of methoxy groups -OCH3 is 1. The molecule has 3 nitrogen and oxygen atoms in total. The van der Waals surface area contributed by atoms with E-state index in [9.17, 15) is 4.79 Å². The molecule has 1 atom stereocenters. The predicted molar refractivity (Wildman–Crippen MR) is 71.8 cm³/mol. The molecule has 1 aromatic rings. The number of anilines is 1. The SMILES string of the molecule is COC1CCN(c2cc(Br)ccc2C(C)=O)C1. The number of nitrogens with zero attached hydrogens (tertiary/aromatic N) is 1. The second-order valence-electron chi connectivity index (χ2n) is 4.31. The van der Waals surface area contributed by atoms with Crippen LogP contribution in [0.3, 0.4) is 0 Å². The summed E-state index contributed by atoms with van der Waals surface area (Å²) in [7, 11) is 1.74. The van der Waals surface area contributed by atoms with Gasteiger partial charge in [-0.1, -0.05) is 15.9 Å². The normalized spacial score (nSPS) is 19.7. The molecule has 0 radical (unpaired) electrons. The smallest absolute Gasteiger partial charge is 0.161 e. The molecule has 4 heteroatoms. The summed E-state index contributed by atoms with van der Waals surface area (Å²) in [5.74, 6) is 0.105. The molecule has 0 amide bonds. The van der Waals surface area contributed by atoms with Crippen molar-refractivity contribution in [1.29, 1.82) is 0 Å². The average Bonchev–Trinajstić information content (AvgIpc) is 2.76. The topological polar surface area (TPSA) is 29.5 Å². The zero-order chi connectivity index (χ0) is 12.4. The fraction of sp³-hybridized carbons (Fsp3) is 0.462. The standard InChI is InChI=1S/C13H16BrNO2/c1-9(16)12-4-3-10(14)7-13(12)15-6-5-11(8-15)17-2/h3-4,7,11H,5-6,8H2,1-2H3. The molecular formula is C13H16BrNO2. The van der Waals surface area contributed by atoms with Crippen molar-refractivity contribution in [2.24, 2.45) is 0 Å². The summed E-state index contributed by atoms with van der Waals surface area (Å²) >= 11 is 3.46. The Bertz CT molecular complexity index is 433. The van der Waals surface area contributed by atoms with Gasteiger partial charge in [-0.3, -0.25) is 4.79 Å². The van der Waals surface area contributed by atoms with Crippen LogP contribution >= 0.6 is 15.9 Å². The van der Waals surface area contributed by atoms with Gasteiger partial charge in [0.25, 0.3) is 0 Å². The molecule has 1 fully saturated rings. The first-order valence-electron chi connectivity index (χ1n) is 5.70. The lowest BCUT2D eigenvalue weighted by Crippen LogP contribution is -2.23. The summed E-state index contributed by atoms with van der Waals surface area (Å²) in [4.78, 5) is 13.8. The van der Waals surface area contributed by atoms with Crippen LogP contribution in [0.5, 0.6) is 0 Å². The van der Waals surface area contributed by atoms with Gasteiger partial charge < -0.3 is 9.64 Å². The van der Waals surface area contributed by atoms with E-state index in [2.05, 4.69) is 20.8 Å². The molecule has 92 valence electrons. The summed E-state index contributed by atoms with van der Waals surface area (Å²) in [5, 5.41) is 0. The fourth-order valence-corrected chi connectivity index (χ4v) is 2.55. The number of benzene rings is 1. The summed E-state index contributed by atoms with van der Waals surface area (Å²) in [6, 6.07) is 5.79. The third-order valence-electron chi connectivity index (χ3n) is 3.16. The molecule has 1 aliphatic heterocycles. The first-order valence-corrected chi connectivity index (χ1v) is 6.49. The average molecular weight is 298 g/mol. The molecule has 1 aliphatic rings. The first-order chi connectivity index (χ1) is 8.11. The summed E-state index contributed by atoms with van der Waals surface area (Å²) in [5.41, 5.74) is 1.79. The van der Waals surface area contributed by atoms with Crippen LogP contribution in [0.15, 0.2) is 22.7 Å². The van der Waals surface area contributed by atoms with Gasteiger partial charge in [0.1, 0.15) is 0 Å². The van der Waals surface area contributed by atoms with E-state index in [1.54, 1.807) is 14.0 Å². The second kappa shape index (κ2) is 5.19. The van der Waals surface area contributed by atoms with E-state index < -0.39 is 0 Å². The Kier molecular flexibility index (Phi) is 3.84. The summed E-state index contributed by atoms with van der Waals surface area (Å²) < 4.78 is 6.35. The van der Waals surface area contributed by atoms with Crippen molar-refractivity contribution < 1.29 is 9.53 Å². The number of hydrogen-bond donors (Lipinski definition) is 0. The van der Waals surface area contributed by atoms with Gasteiger partial charge in [0, 0.05) is 35.9 Å². The van der Waals surface area contributed by atoms with Crippen molar-refractivity contribution in [3.05, 3.63) is 28.2 Å². The van der Waals surface area contributed by atoms with Crippen LogP contribution in [0.1, 0.15) is 23.7 Å². The van der Waals surface area contributed by atoms with Crippen LogP contribution in [0, 0.1) is 0 Å². The molecule has 1 saturated heterocycles. The maximum absolute atomic E-state index is 11.6. The highest BCUT2D eigenvalue weighted by atomic mass is 79.9. The molecule has 0 N–H and O–H groups in total. The quantitative estimate of drug-likeness (QED) is 0.804. The van der Waals surface area contributed by atoms with Crippen LogP contribution in [0.4, 0.5) is 5.69 Å². The Hall–Kier alpha value is -0.870. The fourth-order valence-electron chi connectivity index (χ4n) is 2.20. The van der Waals surface area contributed by atoms with Crippen molar-refractivity contribution in [2.45, 2.75) is 19.4 Å². The lowest BCUT2D eigenvalue weighted by atomic mass is 10.1. The second-order valence-corrected chi connectivity index (χ2v) is 5.23. The Morgan fingerprint density at radius 3 is 2.88 bits per heavy atom. The molecule has 0 saturated carbocycles. The van der Waals surface area contributed by atoms with Gasteiger partial charge >= 0.3 is 0 Å². The van der Waals surface area contributed by atoms with Gasteiger partial charge in [0.2, 0.25) is 0 Å². The van der Waals surface area contributed by atoms with Gasteiger partial charge in [-0.15, -0.1) is 0 Å². The Balaban J connectivity index is 2.31. The molecule has 17 heavy (non-hydrogen) atoms. The molecule has 0 aromatic heterocycles. The van der Waals surface area contributed by atoms with Crippen LogP contribution in [-0.2, 0) is 4.74 Å². The van der Waals surface area contributed by atoms with E-state index in [1.807, 2.05) is 18.2 Å². The summed E-state index contributed by atoms with van der Waals surface area (Å²) in [6.07, 6.45) is 1.29. The minimum absolute atomic E-state index is 0.105. The number of carbonyl (C=O) groups is 1. The van der Waals surface area contributed by atoms with E-state index in [0.717, 1.165) is 35.2 Å². The van der Waals surface area contributed by atoms with Crippen LogP contribution in [0.2, 0.25) is 0 Å². The van der Waals surface area contributed by atoms with Crippen LogP contribution in [0.25, 0.3) is 0 Å². The third-order valence-corrected chi connectivity index (χ3v) is 3.65. The van der Waals surface area contributed by atoms with Gasteiger partial charge in [0.15, 0.2) is 5.78 Å². The Morgan fingerprint density at radius 2 is 2.29 bits per heavy atom. The van der Waals surface area contributed by atoms with Crippen molar-refractivity contribution in [2.75, 3.05) is 25.1 Å². The van der Waals surface area contributed by atoms with Gasteiger partial charge in [-0.05, 0) is 31.5 Å². The zero-order valence-electron chi connectivity index (χ0n) is 10.1. The Morgan fingerprint density at radius 1 is 1.53 bits per heavy atom. The van der Waals surface area contributed by atoms with Gasteiger partial charge in [-0.25, -0.2) is 0 Å². The summed E-state index contributed by atoms with van der Waals surface area (Å²) in [6.45, 7) is 3.40. The number of ether oxygens (including phenoxy) is 1. The maximum Gasteiger partial charge on any atom is 0.161 e. The van der Waals surface area contributed by atoms with Crippen LogP contribution < -0.4 is 4.90 Å². The number of hydrogen-bond acceptors (Lipinski definition) is 3. The van der Waals surface area contributed by atoms with E-state index in [1.165, 1.54) is 0 Å². The number of carbonyl (C=O) groups excluding carboxylic acids is 1. The molecule has 1 unspecified atom stereocenters. The minimum Gasteiger partial charge on any atom is -0.380 e. The highest BCUT2D eigenvalue weighted by Gasteiger charge is 2.24. The molecule has 2 rings (SSSR count). The Labute approximate surface area is 110 Å². The lowest BCUT2D eigenvalue weighted by molar-refractivity contribution is 0.101. The molecular weight excluding hydrogens is 282 g/mol. The molecule has 0 spiro atoms.